The lowest BCUT2D eigenvalue weighted by Gasteiger charge is -2.43. The first kappa shape index (κ1) is 36.5. The molecule has 1 aliphatic heterocycles. The number of nitrogens with zero attached hydrogens (tertiary/aromatic N) is 5. The van der Waals surface area contributed by atoms with Gasteiger partial charge in [-0.2, -0.15) is 5.26 Å². The molecule has 2 fully saturated rings. The van der Waals surface area contributed by atoms with Crippen molar-refractivity contribution in [1.29, 1.82) is 5.26 Å². The van der Waals surface area contributed by atoms with Crippen LogP contribution < -0.4 is 0 Å². The van der Waals surface area contributed by atoms with Gasteiger partial charge < -0.3 is 14.5 Å². The van der Waals surface area contributed by atoms with Crippen LogP contribution in [0.25, 0.3) is 0 Å². The zero-order valence-electron chi connectivity index (χ0n) is 29.5. The maximum Gasteiger partial charge on any atom is 0.410 e. The van der Waals surface area contributed by atoms with E-state index in [0.717, 1.165) is 60.4 Å². The number of carbonyl (C=O) groups is 1. The minimum Gasteiger partial charge on any atom is -0.444 e. The van der Waals surface area contributed by atoms with E-state index < -0.39 is 5.60 Å². The predicted molar refractivity (Wildman–Crippen MR) is 191 cm³/mol. The second-order valence-corrected chi connectivity index (χ2v) is 13.6. The summed E-state index contributed by atoms with van der Waals surface area (Å²) in [7, 11) is 0. The maximum atomic E-state index is 12.9. The number of piperazine rings is 1. The number of unbranched alkanes of at least 4 members (excludes halogenated alkanes) is 1. The molecule has 0 spiro atoms. The van der Waals surface area contributed by atoms with E-state index in [-0.39, 0.29) is 12.1 Å². The molecule has 2 aliphatic rings. The van der Waals surface area contributed by atoms with Gasteiger partial charge in [0.05, 0.1) is 17.3 Å². The van der Waals surface area contributed by atoms with E-state index >= 15 is 0 Å². The Kier molecular flexibility index (Phi) is 13.6. The number of benzene rings is 1. The highest BCUT2D eigenvalue weighted by atomic mass is 16.6. The zero-order valence-corrected chi connectivity index (χ0v) is 29.5. The lowest BCUT2D eigenvalue weighted by Crippen LogP contribution is -2.54. The topological polar surface area (TPSA) is 81.3 Å². The fourth-order valence-electron chi connectivity index (χ4n) is 6.45. The van der Waals surface area contributed by atoms with Crippen molar-refractivity contribution in [2.24, 2.45) is 21.8 Å². The molecule has 7 nitrogen and oxygen atoms in total. The second-order valence-electron chi connectivity index (χ2n) is 13.6. The molecule has 1 aromatic carbocycles. The van der Waals surface area contributed by atoms with Gasteiger partial charge in [-0.15, -0.1) is 0 Å². The summed E-state index contributed by atoms with van der Waals surface area (Å²) in [4.78, 5) is 27.2. The lowest BCUT2D eigenvalue weighted by atomic mass is 9.69. The van der Waals surface area contributed by atoms with E-state index in [1.165, 1.54) is 12.0 Å². The first-order valence-electron chi connectivity index (χ1n) is 16.9. The van der Waals surface area contributed by atoms with Crippen LogP contribution in [0.2, 0.25) is 0 Å². The highest BCUT2D eigenvalue weighted by molar-refractivity contribution is 6.17. The third-order valence-electron chi connectivity index (χ3n) is 8.96. The molecule has 1 heterocycles. The average Bonchev–Trinajstić information content (AvgIpc) is 3.01. The molecule has 3 atom stereocenters. The number of allylic oxidation sites excluding steroid dienone is 5. The van der Waals surface area contributed by atoms with Crippen LogP contribution in [-0.2, 0) is 11.2 Å². The van der Waals surface area contributed by atoms with Crippen molar-refractivity contribution >= 4 is 17.5 Å². The first-order valence-corrected chi connectivity index (χ1v) is 16.9. The van der Waals surface area contributed by atoms with Gasteiger partial charge in [0, 0.05) is 66.5 Å². The van der Waals surface area contributed by atoms with Crippen molar-refractivity contribution in [2.45, 2.75) is 106 Å². The molecule has 1 saturated carbocycles. The number of carbonyl (C=O) groups excluding carboxylic acids is 1. The van der Waals surface area contributed by atoms with Crippen LogP contribution in [0.3, 0.4) is 0 Å². The lowest BCUT2D eigenvalue weighted by molar-refractivity contribution is 0.0101. The van der Waals surface area contributed by atoms with Gasteiger partial charge in [0.15, 0.2) is 0 Å². The van der Waals surface area contributed by atoms with Crippen LogP contribution in [0.1, 0.15) is 98.6 Å². The van der Waals surface area contributed by atoms with E-state index in [4.69, 9.17) is 14.7 Å². The summed E-state index contributed by atoms with van der Waals surface area (Å²) < 4.78 is 5.70. The molecule has 0 radical (unpaired) electrons. The Morgan fingerprint density at radius 3 is 2.48 bits per heavy atom. The Hall–Kier alpha value is -3.92. The van der Waals surface area contributed by atoms with Gasteiger partial charge >= 0.3 is 6.09 Å². The van der Waals surface area contributed by atoms with Crippen LogP contribution in [0, 0.1) is 23.2 Å². The van der Waals surface area contributed by atoms with Crippen LogP contribution in [0.5, 0.6) is 0 Å². The van der Waals surface area contributed by atoms with Gasteiger partial charge in [-0.25, -0.2) is 4.79 Å². The molecule has 1 aliphatic carbocycles. The van der Waals surface area contributed by atoms with E-state index in [9.17, 15) is 10.1 Å². The Balaban J connectivity index is 1.99. The van der Waals surface area contributed by atoms with E-state index in [1.807, 2.05) is 63.1 Å². The number of hydrogen-bond acceptors (Lipinski definition) is 6. The number of ether oxygens (including phenoxy) is 1. The number of hydrogen-bond donors (Lipinski definition) is 0. The summed E-state index contributed by atoms with van der Waals surface area (Å²) in [5.74, 6) is 0.963. The van der Waals surface area contributed by atoms with Crippen molar-refractivity contribution in [3.63, 3.8) is 0 Å². The Bertz CT molecular complexity index is 1420. The maximum absolute atomic E-state index is 12.9. The third kappa shape index (κ3) is 9.79. The fourth-order valence-corrected chi connectivity index (χ4v) is 6.45. The molecule has 46 heavy (non-hydrogen) atoms. The van der Waals surface area contributed by atoms with Crippen molar-refractivity contribution in [1.82, 2.24) is 9.80 Å². The molecule has 248 valence electrons. The Labute approximate surface area is 278 Å². The minimum atomic E-state index is -0.531. The van der Waals surface area contributed by atoms with Gasteiger partial charge in [0.25, 0.3) is 0 Å². The van der Waals surface area contributed by atoms with Gasteiger partial charge in [0.1, 0.15) is 5.60 Å². The number of amides is 1. The van der Waals surface area contributed by atoms with E-state index in [2.05, 4.69) is 57.4 Å². The van der Waals surface area contributed by atoms with E-state index in [0.29, 0.717) is 37.0 Å². The fraction of sp³-hybridized carbons (Fsp3) is 0.538. The largest absolute Gasteiger partial charge is 0.444 e. The smallest absolute Gasteiger partial charge is 0.410 e. The average molecular weight is 626 g/mol. The van der Waals surface area contributed by atoms with Gasteiger partial charge in [0.2, 0.25) is 0 Å². The summed E-state index contributed by atoms with van der Waals surface area (Å²) in [5.41, 5.74) is 6.88. The molecular weight excluding hydrogens is 570 g/mol. The normalized spacial score (nSPS) is 21.9. The van der Waals surface area contributed by atoms with Crippen molar-refractivity contribution in [2.75, 3.05) is 19.6 Å². The van der Waals surface area contributed by atoms with Gasteiger partial charge in [-0.05, 0) is 111 Å². The number of aryl methyl sites for hydroxylation is 1. The molecular formula is C39H55N5O2. The Morgan fingerprint density at radius 1 is 1.15 bits per heavy atom. The highest BCUT2D eigenvalue weighted by Crippen LogP contribution is 2.39. The molecule has 0 N–H and O–H groups in total. The van der Waals surface area contributed by atoms with Gasteiger partial charge in [-0.3, -0.25) is 9.98 Å². The SMILES string of the molecule is C=CN=C(CCCCc1cccc(C#N)c1)C(/C(=C\C)C(=N\C=C/C)/C1CCC1C)=C(\C)N1CCN(C(=O)OC(C)(C)C)C[C@@H]1C. The molecule has 1 aromatic rings. The Morgan fingerprint density at radius 2 is 1.91 bits per heavy atom. The second kappa shape index (κ2) is 17.1. The number of rotatable bonds is 12. The van der Waals surface area contributed by atoms with Crippen molar-refractivity contribution < 1.29 is 9.53 Å². The summed E-state index contributed by atoms with van der Waals surface area (Å²) in [6, 6.07) is 10.2. The molecule has 1 amide bonds. The monoisotopic (exact) mass is 625 g/mol. The summed E-state index contributed by atoms with van der Waals surface area (Å²) in [5, 5.41) is 9.31. The molecule has 0 aromatic heterocycles. The summed E-state index contributed by atoms with van der Waals surface area (Å²) in [6.07, 6.45) is 13.5. The standard InChI is InChI=1S/C39H55N5O2/c1-10-22-42-37(34-21-20-28(34)4)33(11-2)36(30(6)44-24-23-43(27-29(44)5)38(45)46-39(7,8)9)35(41-12-3)19-14-13-16-31-17-15-18-32(25-31)26-40/h10-12,15,17-18,22,25,28-29,34H,3,13-14,16,19-21,23-24,27H2,1-2,4-9H3/b22-10-,33-11+,36-30+,41-35?,42-37+/t28?,29-,34?/m0/s1. The summed E-state index contributed by atoms with van der Waals surface area (Å²) >= 11 is 0. The molecule has 3 rings (SSSR count). The molecule has 0 bridgehead atoms. The quantitative estimate of drug-likeness (QED) is 0.132. The third-order valence-corrected chi connectivity index (χ3v) is 8.96. The molecule has 7 heteroatoms. The van der Waals surface area contributed by atoms with Crippen molar-refractivity contribution in [3.8, 4) is 6.07 Å². The van der Waals surface area contributed by atoms with Crippen LogP contribution in [-0.4, -0.2) is 58.6 Å². The zero-order chi connectivity index (χ0) is 33.9. The summed E-state index contributed by atoms with van der Waals surface area (Å²) in [6.45, 7) is 22.4. The van der Waals surface area contributed by atoms with Crippen LogP contribution >= 0.6 is 0 Å². The van der Waals surface area contributed by atoms with Crippen molar-refractivity contribution in [3.05, 3.63) is 83.4 Å². The van der Waals surface area contributed by atoms with E-state index in [1.54, 1.807) is 6.20 Å². The molecule has 1 saturated heterocycles. The first-order chi connectivity index (χ1) is 21.9. The van der Waals surface area contributed by atoms with Crippen LogP contribution in [0.4, 0.5) is 4.79 Å². The minimum absolute atomic E-state index is 0.0883. The molecule has 2 unspecified atom stereocenters. The number of nitriles is 1. The highest BCUT2D eigenvalue weighted by Gasteiger charge is 2.36. The van der Waals surface area contributed by atoms with Crippen LogP contribution in [0.15, 0.2) is 82.2 Å². The van der Waals surface area contributed by atoms with Gasteiger partial charge in [-0.1, -0.05) is 37.8 Å². The number of aliphatic imine (C=N–C) groups is 2. The predicted octanol–water partition coefficient (Wildman–Crippen LogP) is 9.04.